The summed E-state index contributed by atoms with van der Waals surface area (Å²) in [7, 11) is 5.04. The molecule has 2 heterocycles. The molecule has 1 aliphatic heterocycles. The second-order valence-electron chi connectivity index (χ2n) is 8.32. The zero-order valence-electron chi connectivity index (χ0n) is 19.7. The van der Waals surface area contributed by atoms with Gasteiger partial charge in [-0.3, -0.25) is 9.88 Å². The third kappa shape index (κ3) is 4.37. The smallest absolute Gasteiger partial charge is 0.165 e. The van der Waals surface area contributed by atoms with Gasteiger partial charge in [-0.05, 0) is 35.9 Å². The third-order valence-electron chi connectivity index (χ3n) is 6.21. The highest BCUT2D eigenvalue weighted by atomic mass is 16.5. The van der Waals surface area contributed by atoms with Crippen LogP contribution in [0, 0.1) is 0 Å². The van der Waals surface area contributed by atoms with Gasteiger partial charge in [0.1, 0.15) is 18.1 Å². The SMILES string of the molecule is COc1ccc(CN2CCOc3c(cc(-c4cnc5ccccc5c4)cc3OC)C2)c(OC)c1. The summed E-state index contributed by atoms with van der Waals surface area (Å²) < 4.78 is 22.9. The molecule has 174 valence electrons. The van der Waals surface area contributed by atoms with Crippen LogP contribution >= 0.6 is 0 Å². The predicted octanol–water partition coefficient (Wildman–Crippen LogP) is 5.32. The van der Waals surface area contributed by atoms with Gasteiger partial charge in [-0.25, -0.2) is 0 Å². The van der Waals surface area contributed by atoms with Gasteiger partial charge in [0.25, 0.3) is 0 Å². The first-order chi connectivity index (χ1) is 16.7. The van der Waals surface area contributed by atoms with Gasteiger partial charge in [0.2, 0.25) is 0 Å². The number of hydrogen-bond donors (Lipinski definition) is 0. The van der Waals surface area contributed by atoms with Crippen molar-refractivity contribution in [3.8, 4) is 34.1 Å². The van der Waals surface area contributed by atoms with Gasteiger partial charge in [0.05, 0.1) is 26.8 Å². The van der Waals surface area contributed by atoms with E-state index in [0.29, 0.717) is 6.61 Å². The quantitative estimate of drug-likeness (QED) is 0.391. The van der Waals surface area contributed by atoms with E-state index < -0.39 is 0 Å². The molecule has 0 saturated carbocycles. The van der Waals surface area contributed by atoms with Crippen LogP contribution in [0.3, 0.4) is 0 Å². The van der Waals surface area contributed by atoms with Gasteiger partial charge in [0, 0.05) is 54.0 Å². The first kappa shape index (κ1) is 22.0. The second-order valence-corrected chi connectivity index (χ2v) is 8.32. The lowest BCUT2D eigenvalue weighted by Gasteiger charge is -2.21. The van der Waals surface area contributed by atoms with Gasteiger partial charge in [-0.1, -0.05) is 24.3 Å². The molecule has 0 N–H and O–H groups in total. The van der Waals surface area contributed by atoms with Gasteiger partial charge in [0.15, 0.2) is 11.5 Å². The van der Waals surface area contributed by atoms with Crippen LogP contribution in [0.2, 0.25) is 0 Å². The van der Waals surface area contributed by atoms with Crippen LogP contribution < -0.4 is 18.9 Å². The molecule has 0 aliphatic carbocycles. The number of para-hydroxylation sites is 1. The molecule has 0 fully saturated rings. The molecule has 1 aromatic heterocycles. The Hall–Kier alpha value is -3.77. The highest BCUT2D eigenvalue weighted by Crippen LogP contribution is 2.39. The second kappa shape index (κ2) is 9.61. The molecule has 0 spiro atoms. The molecule has 4 aromatic rings. The summed E-state index contributed by atoms with van der Waals surface area (Å²) in [5, 5.41) is 1.11. The molecule has 0 radical (unpaired) electrons. The predicted molar refractivity (Wildman–Crippen MR) is 133 cm³/mol. The van der Waals surface area contributed by atoms with Gasteiger partial charge < -0.3 is 18.9 Å². The van der Waals surface area contributed by atoms with Crippen LogP contribution in [0.25, 0.3) is 22.0 Å². The van der Waals surface area contributed by atoms with Crippen molar-refractivity contribution in [2.45, 2.75) is 13.1 Å². The molecule has 0 unspecified atom stereocenters. The van der Waals surface area contributed by atoms with Crippen molar-refractivity contribution in [1.82, 2.24) is 9.88 Å². The minimum absolute atomic E-state index is 0.582. The van der Waals surface area contributed by atoms with E-state index in [2.05, 4.69) is 34.1 Å². The van der Waals surface area contributed by atoms with E-state index in [-0.39, 0.29) is 0 Å². The Labute approximate surface area is 199 Å². The highest BCUT2D eigenvalue weighted by Gasteiger charge is 2.22. The number of aromatic nitrogens is 1. The summed E-state index contributed by atoms with van der Waals surface area (Å²) in [5.74, 6) is 3.15. The largest absolute Gasteiger partial charge is 0.497 e. The number of methoxy groups -OCH3 is 3. The molecule has 1 aliphatic rings. The standard InChI is InChI=1S/C28H28N2O4/c1-31-24-9-8-20(26(15-24)32-2)17-30-10-11-34-28-23(18-30)13-21(14-27(28)33-3)22-12-19-6-4-5-7-25(19)29-16-22/h4-9,12-16H,10-11,17-18H2,1-3H3. The summed E-state index contributed by atoms with van der Waals surface area (Å²) in [4.78, 5) is 7.00. The first-order valence-electron chi connectivity index (χ1n) is 11.3. The number of fused-ring (bicyclic) bond motifs is 2. The minimum Gasteiger partial charge on any atom is -0.497 e. The summed E-state index contributed by atoms with van der Waals surface area (Å²) in [6.07, 6.45) is 1.92. The maximum absolute atomic E-state index is 6.16. The Bertz CT molecular complexity index is 1320. The molecule has 6 nitrogen and oxygen atoms in total. The number of pyridine rings is 1. The van der Waals surface area contributed by atoms with E-state index in [4.69, 9.17) is 18.9 Å². The average molecular weight is 457 g/mol. The van der Waals surface area contributed by atoms with Crippen LogP contribution in [0.4, 0.5) is 0 Å². The van der Waals surface area contributed by atoms with Crippen LogP contribution in [0.5, 0.6) is 23.0 Å². The maximum Gasteiger partial charge on any atom is 0.165 e. The Morgan fingerprint density at radius 2 is 1.74 bits per heavy atom. The number of hydrogen-bond acceptors (Lipinski definition) is 6. The molecule has 34 heavy (non-hydrogen) atoms. The summed E-state index contributed by atoms with van der Waals surface area (Å²) in [5.41, 5.74) is 5.28. The maximum atomic E-state index is 6.16. The molecular weight excluding hydrogens is 428 g/mol. The normalized spacial score (nSPS) is 13.6. The van der Waals surface area contributed by atoms with E-state index in [9.17, 15) is 0 Å². The fraction of sp³-hybridized carbons (Fsp3) is 0.250. The summed E-state index contributed by atoms with van der Waals surface area (Å²) in [6, 6.07) is 20.5. The van der Waals surface area contributed by atoms with Crippen molar-refractivity contribution in [3.05, 3.63) is 78.0 Å². The number of benzene rings is 3. The Morgan fingerprint density at radius 1 is 0.882 bits per heavy atom. The zero-order valence-corrected chi connectivity index (χ0v) is 19.7. The first-order valence-corrected chi connectivity index (χ1v) is 11.3. The monoisotopic (exact) mass is 456 g/mol. The number of ether oxygens (including phenoxy) is 4. The van der Waals surface area contributed by atoms with Gasteiger partial charge in [-0.2, -0.15) is 0 Å². The molecule has 0 amide bonds. The minimum atomic E-state index is 0.582. The van der Waals surface area contributed by atoms with Gasteiger partial charge >= 0.3 is 0 Å². The van der Waals surface area contributed by atoms with Crippen LogP contribution in [0.1, 0.15) is 11.1 Å². The topological polar surface area (TPSA) is 53.1 Å². The van der Waals surface area contributed by atoms with Crippen LogP contribution in [-0.4, -0.2) is 44.4 Å². The summed E-state index contributed by atoms with van der Waals surface area (Å²) in [6.45, 7) is 2.84. The van der Waals surface area contributed by atoms with Crippen LogP contribution in [0.15, 0.2) is 66.9 Å². The lowest BCUT2D eigenvalue weighted by Crippen LogP contribution is -2.25. The molecule has 3 aromatic carbocycles. The van der Waals surface area contributed by atoms with Crippen molar-refractivity contribution >= 4 is 10.9 Å². The Morgan fingerprint density at radius 3 is 2.56 bits per heavy atom. The third-order valence-corrected chi connectivity index (χ3v) is 6.21. The number of nitrogens with zero attached hydrogens (tertiary/aromatic N) is 2. The lowest BCUT2D eigenvalue weighted by molar-refractivity contribution is 0.214. The molecular formula is C28H28N2O4. The highest BCUT2D eigenvalue weighted by molar-refractivity contribution is 5.84. The van der Waals surface area contributed by atoms with Crippen molar-refractivity contribution in [3.63, 3.8) is 0 Å². The van der Waals surface area contributed by atoms with E-state index in [1.165, 1.54) is 0 Å². The van der Waals surface area contributed by atoms with Crippen LogP contribution in [-0.2, 0) is 13.1 Å². The Balaban J connectivity index is 1.48. The number of rotatable bonds is 6. The zero-order chi connectivity index (χ0) is 23.5. The lowest BCUT2D eigenvalue weighted by atomic mass is 10.0. The van der Waals surface area contributed by atoms with Crippen molar-refractivity contribution in [1.29, 1.82) is 0 Å². The molecule has 0 atom stereocenters. The fourth-order valence-corrected chi connectivity index (χ4v) is 4.44. The molecule has 0 bridgehead atoms. The molecule has 5 rings (SSSR count). The van der Waals surface area contributed by atoms with Gasteiger partial charge in [-0.15, -0.1) is 0 Å². The average Bonchev–Trinajstić information content (AvgIpc) is 3.09. The fourth-order valence-electron chi connectivity index (χ4n) is 4.44. The van der Waals surface area contributed by atoms with E-state index >= 15 is 0 Å². The van der Waals surface area contributed by atoms with Crippen molar-refractivity contribution in [2.24, 2.45) is 0 Å². The molecule has 0 saturated heterocycles. The van der Waals surface area contributed by atoms with Crippen molar-refractivity contribution < 1.29 is 18.9 Å². The van der Waals surface area contributed by atoms with E-state index in [1.54, 1.807) is 21.3 Å². The van der Waals surface area contributed by atoms with Crippen molar-refractivity contribution in [2.75, 3.05) is 34.5 Å². The molecule has 6 heteroatoms. The Kier molecular flexibility index (Phi) is 6.23. The van der Waals surface area contributed by atoms with E-state index in [1.807, 2.05) is 42.6 Å². The summed E-state index contributed by atoms with van der Waals surface area (Å²) >= 11 is 0. The van der Waals surface area contributed by atoms with E-state index in [0.717, 1.165) is 75.8 Å².